The number of aryl methyl sites for hydroxylation is 1. The highest BCUT2D eigenvalue weighted by molar-refractivity contribution is 5.92. The molecule has 0 saturated carbocycles. The quantitative estimate of drug-likeness (QED) is 0.623. The molecule has 1 saturated heterocycles. The van der Waals surface area contributed by atoms with Crippen LogP contribution in [0.15, 0.2) is 40.9 Å². The maximum atomic E-state index is 13.1. The van der Waals surface area contributed by atoms with Crippen LogP contribution >= 0.6 is 0 Å². The number of nitrogens with one attached hydrogen (secondary N) is 1. The molecule has 7 heteroatoms. The first-order valence-electron chi connectivity index (χ1n) is 10.6. The first-order valence-corrected chi connectivity index (χ1v) is 10.6. The number of H-pyrrole nitrogens is 1. The molecule has 1 atom stereocenters. The Morgan fingerprint density at radius 3 is 2.97 bits per heavy atom. The van der Waals surface area contributed by atoms with Gasteiger partial charge in [-0.25, -0.2) is 9.37 Å². The second-order valence-corrected chi connectivity index (χ2v) is 7.94. The standard InChI is InChI=1S/C23H27FN4O2/c1-2-3-6-19-13-21(27-26-19)23(29)28-11-4-5-17(15-28)22-25-14-20(30-22)12-16-7-9-18(24)10-8-16/h7-10,13-14,17H,2-6,11-12,15H2,1H3,(H,26,27)/t17-/m1/s1. The summed E-state index contributed by atoms with van der Waals surface area (Å²) in [5, 5.41) is 7.20. The lowest BCUT2D eigenvalue weighted by Gasteiger charge is -2.30. The normalized spacial score (nSPS) is 16.7. The van der Waals surface area contributed by atoms with Gasteiger partial charge in [-0.3, -0.25) is 9.89 Å². The van der Waals surface area contributed by atoms with Gasteiger partial charge in [-0.1, -0.05) is 25.5 Å². The summed E-state index contributed by atoms with van der Waals surface area (Å²) in [7, 11) is 0. The Bertz CT molecular complexity index is 979. The van der Waals surface area contributed by atoms with E-state index >= 15 is 0 Å². The molecule has 1 amide bonds. The van der Waals surface area contributed by atoms with Crippen molar-refractivity contribution < 1.29 is 13.6 Å². The predicted octanol–water partition coefficient (Wildman–Crippen LogP) is 4.49. The summed E-state index contributed by atoms with van der Waals surface area (Å²) in [6, 6.07) is 8.25. The molecule has 4 rings (SSSR count). The van der Waals surface area contributed by atoms with E-state index in [1.807, 2.05) is 11.0 Å². The minimum atomic E-state index is -0.252. The van der Waals surface area contributed by atoms with Crippen molar-refractivity contribution in [2.24, 2.45) is 0 Å². The van der Waals surface area contributed by atoms with Crippen LogP contribution in [0.3, 0.4) is 0 Å². The fraction of sp³-hybridized carbons (Fsp3) is 0.435. The van der Waals surface area contributed by atoms with E-state index in [2.05, 4.69) is 22.1 Å². The second kappa shape index (κ2) is 9.24. The Morgan fingerprint density at radius 2 is 2.17 bits per heavy atom. The number of hydrogen-bond donors (Lipinski definition) is 1. The third-order valence-corrected chi connectivity index (χ3v) is 5.57. The molecule has 1 aliphatic rings. The molecular weight excluding hydrogens is 383 g/mol. The topological polar surface area (TPSA) is 75.0 Å². The molecule has 1 aromatic carbocycles. The lowest BCUT2D eigenvalue weighted by molar-refractivity contribution is 0.0692. The lowest BCUT2D eigenvalue weighted by atomic mass is 9.97. The summed E-state index contributed by atoms with van der Waals surface area (Å²) < 4.78 is 19.1. The minimum Gasteiger partial charge on any atom is -0.445 e. The monoisotopic (exact) mass is 410 g/mol. The number of carbonyl (C=O) groups excluding carboxylic acids is 1. The molecule has 6 nitrogen and oxygen atoms in total. The second-order valence-electron chi connectivity index (χ2n) is 7.94. The predicted molar refractivity (Wildman–Crippen MR) is 111 cm³/mol. The molecule has 158 valence electrons. The molecule has 2 aromatic heterocycles. The van der Waals surface area contributed by atoms with Crippen LogP contribution in [0.1, 0.15) is 71.9 Å². The van der Waals surface area contributed by atoms with Crippen LogP contribution in [0.5, 0.6) is 0 Å². The number of oxazole rings is 1. The van der Waals surface area contributed by atoms with Crippen molar-refractivity contribution in [2.45, 2.75) is 51.4 Å². The number of piperidine rings is 1. The smallest absolute Gasteiger partial charge is 0.274 e. The highest BCUT2D eigenvalue weighted by Crippen LogP contribution is 2.28. The molecule has 1 aliphatic heterocycles. The average Bonchev–Trinajstić information content (AvgIpc) is 3.43. The number of aromatic amines is 1. The summed E-state index contributed by atoms with van der Waals surface area (Å²) >= 11 is 0. The maximum absolute atomic E-state index is 13.1. The maximum Gasteiger partial charge on any atom is 0.274 e. The summed E-state index contributed by atoms with van der Waals surface area (Å²) in [5.41, 5.74) is 2.45. The molecule has 0 unspecified atom stereocenters. The molecule has 1 fully saturated rings. The third-order valence-electron chi connectivity index (χ3n) is 5.57. The number of benzene rings is 1. The van der Waals surface area contributed by atoms with Crippen LogP contribution in [0.4, 0.5) is 4.39 Å². The number of halogens is 1. The Kier molecular flexibility index (Phi) is 6.26. The van der Waals surface area contributed by atoms with Crippen molar-refractivity contribution in [3.8, 4) is 0 Å². The van der Waals surface area contributed by atoms with Crippen molar-refractivity contribution >= 4 is 5.91 Å². The number of carbonyl (C=O) groups is 1. The van der Waals surface area contributed by atoms with Gasteiger partial charge in [-0.2, -0.15) is 5.10 Å². The van der Waals surface area contributed by atoms with Crippen molar-refractivity contribution in [3.63, 3.8) is 0 Å². The van der Waals surface area contributed by atoms with Crippen LogP contribution in [0.25, 0.3) is 0 Å². The first kappa shape index (κ1) is 20.3. The Balaban J connectivity index is 1.39. The Hall–Kier alpha value is -2.96. The van der Waals surface area contributed by atoms with E-state index in [-0.39, 0.29) is 17.6 Å². The van der Waals surface area contributed by atoms with Crippen molar-refractivity contribution in [1.29, 1.82) is 0 Å². The molecule has 1 N–H and O–H groups in total. The molecule has 0 bridgehead atoms. The van der Waals surface area contributed by atoms with Crippen molar-refractivity contribution in [1.82, 2.24) is 20.1 Å². The molecule has 30 heavy (non-hydrogen) atoms. The van der Waals surface area contributed by atoms with E-state index in [1.54, 1.807) is 18.3 Å². The van der Waals surface area contributed by atoms with Gasteiger partial charge in [0.1, 0.15) is 17.3 Å². The Morgan fingerprint density at radius 1 is 1.33 bits per heavy atom. The van der Waals surface area contributed by atoms with Crippen LogP contribution in [-0.4, -0.2) is 39.1 Å². The van der Waals surface area contributed by atoms with Gasteiger partial charge in [-0.15, -0.1) is 0 Å². The largest absolute Gasteiger partial charge is 0.445 e. The highest BCUT2D eigenvalue weighted by atomic mass is 19.1. The molecule has 3 heterocycles. The van der Waals surface area contributed by atoms with Gasteiger partial charge < -0.3 is 9.32 Å². The van der Waals surface area contributed by atoms with Gasteiger partial charge >= 0.3 is 0 Å². The minimum absolute atomic E-state index is 0.0446. The van der Waals surface area contributed by atoms with E-state index in [4.69, 9.17) is 4.42 Å². The van der Waals surface area contributed by atoms with Crippen molar-refractivity contribution in [2.75, 3.05) is 13.1 Å². The lowest BCUT2D eigenvalue weighted by Crippen LogP contribution is -2.39. The number of amides is 1. The number of nitrogens with zero attached hydrogens (tertiary/aromatic N) is 3. The molecule has 0 radical (unpaired) electrons. The summed E-state index contributed by atoms with van der Waals surface area (Å²) in [6.45, 7) is 3.44. The van der Waals surface area contributed by atoms with Gasteiger partial charge in [-0.05, 0) is 49.4 Å². The number of unbranched alkanes of at least 4 members (excludes halogenated alkanes) is 1. The molecule has 0 spiro atoms. The van der Waals surface area contributed by atoms with Gasteiger partial charge in [0, 0.05) is 25.2 Å². The van der Waals surface area contributed by atoms with Crippen molar-refractivity contribution in [3.05, 3.63) is 70.9 Å². The SMILES string of the molecule is CCCCc1cc(C(=O)N2CCC[C@@H](c3ncc(Cc4ccc(F)cc4)o3)C2)n[nH]1. The summed E-state index contributed by atoms with van der Waals surface area (Å²) in [4.78, 5) is 19.2. The number of hydrogen-bond acceptors (Lipinski definition) is 4. The average molecular weight is 410 g/mol. The fourth-order valence-corrected chi connectivity index (χ4v) is 3.89. The van der Waals surface area contributed by atoms with E-state index in [9.17, 15) is 9.18 Å². The van der Waals surface area contributed by atoms with Gasteiger partial charge in [0.2, 0.25) is 0 Å². The molecule has 3 aromatic rings. The third kappa shape index (κ3) is 4.78. The Labute approximate surface area is 175 Å². The van der Waals surface area contributed by atoms with E-state index in [0.29, 0.717) is 24.6 Å². The number of rotatable bonds is 7. The van der Waals surface area contributed by atoms with E-state index in [1.165, 1.54) is 12.1 Å². The van der Waals surface area contributed by atoms with Gasteiger partial charge in [0.05, 0.1) is 12.1 Å². The van der Waals surface area contributed by atoms with E-state index in [0.717, 1.165) is 55.7 Å². The molecule has 0 aliphatic carbocycles. The van der Waals surface area contributed by atoms with Gasteiger partial charge in [0.15, 0.2) is 5.89 Å². The summed E-state index contributed by atoms with van der Waals surface area (Å²) in [6.07, 6.45) is 7.22. The highest BCUT2D eigenvalue weighted by Gasteiger charge is 2.29. The summed E-state index contributed by atoms with van der Waals surface area (Å²) in [5.74, 6) is 1.18. The fourth-order valence-electron chi connectivity index (χ4n) is 3.89. The first-order chi connectivity index (χ1) is 14.6. The van der Waals surface area contributed by atoms with Crippen LogP contribution in [0.2, 0.25) is 0 Å². The van der Waals surface area contributed by atoms with Gasteiger partial charge in [0.25, 0.3) is 5.91 Å². The molecular formula is C23H27FN4O2. The zero-order chi connectivity index (χ0) is 20.9. The number of aromatic nitrogens is 3. The van der Waals surface area contributed by atoms with Crippen LogP contribution < -0.4 is 0 Å². The zero-order valence-electron chi connectivity index (χ0n) is 17.2. The zero-order valence-corrected chi connectivity index (χ0v) is 17.2. The number of likely N-dealkylation sites (tertiary alicyclic amines) is 1. The van der Waals surface area contributed by atoms with Crippen LogP contribution in [0, 0.1) is 5.82 Å². The van der Waals surface area contributed by atoms with Crippen LogP contribution in [-0.2, 0) is 12.8 Å². The van der Waals surface area contributed by atoms with E-state index < -0.39 is 0 Å².